The average molecular weight is 441 g/mol. The average Bonchev–Trinajstić information content (AvgIpc) is 3.15. The number of rotatable bonds is 7. The highest BCUT2D eigenvalue weighted by atomic mass is 32.2. The van der Waals surface area contributed by atoms with E-state index in [0.717, 1.165) is 17.5 Å². The maximum atomic E-state index is 14.2. The number of hydrogen-bond acceptors (Lipinski definition) is 6. The van der Waals surface area contributed by atoms with E-state index < -0.39 is 39.8 Å². The van der Waals surface area contributed by atoms with E-state index in [-0.39, 0.29) is 36.0 Å². The zero-order valence-electron chi connectivity index (χ0n) is 16.4. The van der Waals surface area contributed by atoms with Crippen LogP contribution in [0, 0.1) is 11.6 Å². The molecule has 3 rings (SSSR count). The Morgan fingerprint density at radius 1 is 1.13 bits per heavy atom. The highest BCUT2D eigenvalue weighted by Gasteiger charge is 2.46. The number of benzene rings is 2. The smallest absolute Gasteiger partial charge is 0.324 e. The van der Waals surface area contributed by atoms with Gasteiger partial charge in [-0.1, -0.05) is 12.1 Å². The molecule has 0 aromatic heterocycles. The molecule has 2 aromatic rings. The van der Waals surface area contributed by atoms with Gasteiger partial charge in [0, 0.05) is 6.42 Å². The Labute approximate surface area is 173 Å². The third-order valence-electron chi connectivity index (χ3n) is 4.63. The number of halogens is 2. The Kier molecular flexibility index (Phi) is 6.57. The van der Waals surface area contributed by atoms with Crippen molar-refractivity contribution in [3.63, 3.8) is 0 Å². The second kappa shape index (κ2) is 8.97. The molecular weight excluding hydrogens is 420 g/mol. The second-order valence-electron chi connectivity index (χ2n) is 6.54. The molecule has 7 nitrogen and oxygen atoms in total. The van der Waals surface area contributed by atoms with E-state index in [9.17, 15) is 22.0 Å². The van der Waals surface area contributed by atoms with Crippen LogP contribution in [0.15, 0.2) is 47.4 Å². The third kappa shape index (κ3) is 4.39. The van der Waals surface area contributed by atoms with Crippen molar-refractivity contribution in [2.45, 2.75) is 30.4 Å². The molecule has 1 heterocycles. The fourth-order valence-electron chi connectivity index (χ4n) is 3.24. The first-order valence-corrected chi connectivity index (χ1v) is 10.6. The van der Waals surface area contributed by atoms with E-state index in [1.165, 1.54) is 30.3 Å². The summed E-state index contributed by atoms with van der Waals surface area (Å²) >= 11 is 0. The Morgan fingerprint density at radius 2 is 1.87 bits per heavy atom. The molecule has 2 unspecified atom stereocenters. The lowest BCUT2D eigenvalue weighted by molar-refractivity contribution is -0.144. The number of carbonyl (C=O) groups is 1. The van der Waals surface area contributed by atoms with E-state index in [1.807, 2.05) is 0 Å². The van der Waals surface area contributed by atoms with Gasteiger partial charge in [0.05, 0.1) is 25.2 Å². The highest BCUT2D eigenvalue weighted by molar-refractivity contribution is 7.89. The second-order valence-corrected chi connectivity index (χ2v) is 8.44. The predicted molar refractivity (Wildman–Crippen MR) is 103 cm³/mol. The lowest BCUT2D eigenvalue weighted by Crippen LogP contribution is -2.41. The van der Waals surface area contributed by atoms with Crippen molar-refractivity contribution in [2.75, 3.05) is 20.3 Å². The lowest BCUT2D eigenvalue weighted by Gasteiger charge is -2.22. The van der Waals surface area contributed by atoms with Crippen LogP contribution in [0.5, 0.6) is 11.5 Å². The summed E-state index contributed by atoms with van der Waals surface area (Å²) in [5, 5.41) is 0. The summed E-state index contributed by atoms with van der Waals surface area (Å²) < 4.78 is 70.7. The van der Waals surface area contributed by atoms with Crippen LogP contribution in [0.1, 0.15) is 13.3 Å². The zero-order valence-corrected chi connectivity index (χ0v) is 17.2. The fourth-order valence-corrected chi connectivity index (χ4v) is 4.87. The first-order valence-electron chi connectivity index (χ1n) is 9.21. The van der Waals surface area contributed by atoms with E-state index >= 15 is 0 Å². The minimum absolute atomic E-state index is 0.0419. The van der Waals surface area contributed by atoms with Crippen molar-refractivity contribution in [3.8, 4) is 11.5 Å². The van der Waals surface area contributed by atoms with Gasteiger partial charge >= 0.3 is 5.97 Å². The first-order chi connectivity index (χ1) is 14.3. The molecule has 0 amide bonds. The molecule has 1 aliphatic heterocycles. The molecule has 162 valence electrons. The van der Waals surface area contributed by atoms with Crippen LogP contribution in [0.3, 0.4) is 0 Å². The van der Waals surface area contributed by atoms with Gasteiger partial charge in [-0.15, -0.1) is 0 Å². The number of hydrogen-bond donors (Lipinski definition) is 0. The maximum absolute atomic E-state index is 14.2. The zero-order chi connectivity index (χ0) is 21.9. The maximum Gasteiger partial charge on any atom is 0.324 e. The summed E-state index contributed by atoms with van der Waals surface area (Å²) in [7, 11) is -3.14. The normalized spacial score (nSPS) is 19.5. The fraction of sp³-hybridized carbons (Fsp3) is 0.350. The Balaban J connectivity index is 1.90. The molecule has 0 aliphatic carbocycles. The van der Waals surface area contributed by atoms with Crippen LogP contribution < -0.4 is 9.47 Å². The Morgan fingerprint density at radius 3 is 2.50 bits per heavy atom. The van der Waals surface area contributed by atoms with Crippen LogP contribution in [0.2, 0.25) is 0 Å². The van der Waals surface area contributed by atoms with Gasteiger partial charge in [-0.25, -0.2) is 17.2 Å². The van der Waals surface area contributed by atoms with Crippen LogP contribution in [-0.2, 0) is 19.6 Å². The molecule has 30 heavy (non-hydrogen) atoms. The van der Waals surface area contributed by atoms with Crippen molar-refractivity contribution in [1.29, 1.82) is 0 Å². The number of carbonyl (C=O) groups excluding carboxylic acids is 1. The minimum atomic E-state index is -4.27. The van der Waals surface area contributed by atoms with Crippen molar-refractivity contribution < 1.29 is 36.2 Å². The topological polar surface area (TPSA) is 82.1 Å². The van der Waals surface area contributed by atoms with Gasteiger partial charge in [-0.3, -0.25) is 4.79 Å². The molecule has 0 saturated carbocycles. The Hall–Kier alpha value is -2.72. The van der Waals surface area contributed by atoms with Gasteiger partial charge in [-0.05, 0) is 37.3 Å². The molecule has 1 aliphatic rings. The van der Waals surface area contributed by atoms with E-state index in [2.05, 4.69) is 0 Å². The van der Waals surface area contributed by atoms with E-state index in [0.29, 0.717) is 0 Å². The van der Waals surface area contributed by atoms with Crippen LogP contribution in [0.25, 0.3) is 0 Å². The largest absolute Gasteiger partial charge is 0.491 e. The van der Waals surface area contributed by atoms with Crippen molar-refractivity contribution in [2.24, 2.45) is 0 Å². The van der Waals surface area contributed by atoms with Crippen molar-refractivity contribution >= 4 is 16.0 Å². The van der Waals surface area contributed by atoms with Gasteiger partial charge in [-0.2, -0.15) is 4.31 Å². The standard InChI is InChI=1S/C20H21F2NO6S/c1-3-28-18-9-8-14(11-16(18)22)30(25,26)23-12-13(10-17(23)20(24)27-2)29-19-7-5-4-6-15(19)21/h4-9,11,13,17H,3,10,12H2,1-2H3. The Bertz CT molecular complexity index is 1030. The van der Waals surface area contributed by atoms with Crippen LogP contribution >= 0.6 is 0 Å². The van der Waals surface area contributed by atoms with E-state index in [1.54, 1.807) is 13.0 Å². The summed E-state index contributed by atoms with van der Waals surface area (Å²) in [5.74, 6) is -2.38. The number of nitrogens with zero attached hydrogens (tertiary/aromatic N) is 1. The molecule has 2 atom stereocenters. The van der Waals surface area contributed by atoms with Crippen molar-refractivity contribution in [3.05, 3.63) is 54.1 Å². The SMILES string of the molecule is CCOc1ccc(S(=O)(=O)N2CC(Oc3ccccc3F)CC2C(=O)OC)cc1F. The van der Waals surface area contributed by atoms with Crippen LogP contribution in [-0.4, -0.2) is 51.1 Å². The van der Waals surface area contributed by atoms with E-state index in [4.69, 9.17) is 14.2 Å². The molecule has 0 radical (unpaired) electrons. The molecule has 0 N–H and O–H groups in total. The summed E-state index contributed by atoms with van der Waals surface area (Å²) in [5.41, 5.74) is 0. The number of methoxy groups -OCH3 is 1. The molecule has 0 spiro atoms. The summed E-state index contributed by atoms with van der Waals surface area (Å²) in [6.07, 6.45) is -0.840. The van der Waals surface area contributed by atoms with Crippen molar-refractivity contribution in [1.82, 2.24) is 4.31 Å². The van der Waals surface area contributed by atoms with Gasteiger partial charge in [0.1, 0.15) is 12.1 Å². The molecule has 10 heteroatoms. The molecular formula is C20H21F2NO6S. The molecule has 2 aromatic carbocycles. The van der Waals surface area contributed by atoms with Gasteiger partial charge in [0.15, 0.2) is 23.1 Å². The van der Waals surface area contributed by atoms with Gasteiger partial charge in [0.25, 0.3) is 0 Å². The predicted octanol–water partition coefficient (Wildman–Crippen LogP) is 2.75. The number of para-hydroxylation sites is 1. The molecule has 1 saturated heterocycles. The first kappa shape index (κ1) is 22.0. The molecule has 0 bridgehead atoms. The number of ether oxygens (including phenoxy) is 3. The number of esters is 1. The third-order valence-corrected chi connectivity index (χ3v) is 6.50. The summed E-state index contributed by atoms with van der Waals surface area (Å²) in [4.78, 5) is 11.9. The monoisotopic (exact) mass is 441 g/mol. The van der Waals surface area contributed by atoms with Gasteiger partial charge in [0.2, 0.25) is 10.0 Å². The summed E-state index contributed by atoms with van der Waals surface area (Å²) in [6.45, 7) is 1.66. The van der Waals surface area contributed by atoms with Crippen LogP contribution in [0.4, 0.5) is 8.78 Å². The number of sulfonamides is 1. The lowest BCUT2D eigenvalue weighted by atomic mass is 10.2. The summed E-state index contributed by atoms with van der Waals surface area (Å²) in [6, 6.07) is 7.73. The minimum Gasteiger partial charge on any atom is -0.491 e. The van der Waals surface area contributed by atoms with Gasteiger partial charge < -0.3 is 14.2 Å². The molecule has 1 fully saturated rings. The highest BCUT2D eigenvalue weighted by Crippen LogP contribution is 2.31. The quantitative estimate of drug-likeness (QED) is 0.615.